The zero-order chi connectivity index (χ0) is 25.7. The van der Waals surface area contributed by atoms with Crippen molar-refractivity contribution in [2.24, 2.45) is 5.73 Å². The van der Waals surface area contributed by atoms with E-state index in [9.17, 15) is 33.6 Å². The number of carboxylic acid groups (broad SMARTS) is 1. The molecule has 0 radical (unpaired) electrons. The summed E-state index contributed by atoms with van der Waals surface area (Å²) >= 11 is 0. The van der Waals surface area contributed by atoms with Crippen LogP contribution in [-0.4, -0.2) is 90.3 Å². The maximum atomic E-state index is 12.2. The van der Waals surface area contributed by atoms with E-state index in [0.717, 1.165) is 0 Å². The maximum Gasteiger partial charge on any atom is 0.322 e. The van der Waals surface area contributed by atoms with Crippen LogP contribution in [0.1, 0.15) is 27.7 Å². The number of rotatable bonds is 13. The largest absolute Gasteiger partial charge is 0.480 e. The van der Waals surface area contributed by atoms with Crippen LogP contribution in [0.5, 0.6) is 0 Å². The summed E-state index contributed by atoms with van der Waals surface area (Å²) in [6, 6.07) is -3.84. The predicted molar refractivity (Wildman–Crippen MR) is 113 cm³/mol. The first kappa shape index (κ1) is 29.2. The van der Waals surface area contributed by atoms with Crippen molar-refractivity contribution in [3.63, 3.8) is 0 Å². The van der Waals surface area contributed by atoms with Crippen LogP contribution in [0.3, 0.4) is 0 Å². The van der Waals surface area contributed by atoms with Crippen molar-refractivity contribution in [2.45, 2.75) is 51.9 Å². The maximum absolute atomic E-state index is 12.2. The number of aliphatic carboxylic acids is 1. The van der Waals surface area contributed by atoms with Crippen molar-refractivity contribution in [3.8, 4) is 0 Å². The molecule has 9 N–H and O–H groups in total. The van der Waals surface area contributed by atoms with Crippen LogP contribution < -0.4 is 37.6 Å². The molecule has 0 heterocycles. The van der Waals surface area contributed by atoms with Crippen molar-refractivity contribution in [1.29, 1.82) is 0 Å². The Labute approximate surface area is 190 Å². The Hall–Kier alpha value is -3.75. The van der Waals surface area contributed by atoms with Crippen LogP contribution in [0.15, 0.2) is 0 Å². The Balaban J connectivity index is 4.38. The van der Waals surface area contributed by atoms with Crippen molar-refractivity contribution in [3.05, 3.63) is 0 Å². The van der Waals surface area contributed by atoms with Gasteiger partial charge in [-0.25, -0.2) is 0 Å². The number of nitrogens with one attached hydrogen (secondary N) is 6. The predicted octanol–water partition coefficient (Wildman–Crippen LogP) is -4.72. The summed E-state index contributed by atoms with van der Waals surface area (Å²) in [5.41, 5.74) is 5.40. The lowest BCUT2D eigenvalue weighted by molar-refractivity contribution is -0.137. The molecule has 6 amide bonds. The monoisotopic (exact) mass is 473 g/mol. The summed E-state index contributed by atoms with van der Waals surface area (Å²) < 4.78 is 0. The van der Waals surface area contributed by atoms with Gasteiger partial charge >= 0.3 is 5.97 Å². The molecule has 0 aliphatic carbocycles. The fraction of sp³-hybridized carbons (Fsp3) is 0.611. The van der Waals surface area contributed by atoms with E-state index in [1.54, 1.807) is 0 Å². The van der Waals surface area contributed by atoms with Crippen LogP contribution in [0.2, 0.25) is 0 Å². The highest BCUT2D eigenvalue weighted by Crippen LogP contribution is 1.91. The minimum Gasteiger partial charge on any atom is -0.480 e. The van der Waals surface area contributed by atoms with Gasteiger partial charge in [0, 0.05) is 0 Å². The van der Waals surface area contributed by atoms with Gasteiger partial charge in [-0.1, -0.05) is 0 Å². The van der Waals surface area contributed by atoms with Gasteiger partial charge in [-0.05, 0) is 27.7 Å². The van der Waals surface area contributed by atoms with Crippen molar-refractivity contribution < 1.29 is 38.7 Å². The van der Waals surface area contributed by atoms with E-state index in [-0.39, 0.29) is 0 Å². The van der Waals surface area contributed by atoms with E-state index in [2.05, 4.69) is 26.6 Å². The third-order valence-electron chi connectivity index (χ3n) is 3.98. The zero-order valence-corrected chi connectivity index (χ0v) is 18.8. The minimum atomic E-state index is -1.24. The summed E-state index contributed by atoms with van der Waals surface area (Å²) in [6.45, 7) is 4.03. The first-order valence-corrected chi connectivity index (χ1v) is 9.94. The Morgan fingerprint density at radius 1 is 0.606 bits per heavy atom. The van der Waals surface area contributed by atoms with Crippen LogP contribution in [0.25, 0.3) is 0 Å². The van der Waals surface area contributed by atoms with Gasteiger partial charge in [0.15, 0.2) is 0 Å². The van der Waals surface area contributed by atoms with Crippen LogP contribution in [0.4, 0.5) is 0 Å². The molecule has 4 atom stereocenters. The molecule has 0 saturated heterocycles. The molecule has 0 aromatic carbocycles. The van der Waals surface area contributed by atoms with E-state index >= 15 is 0 Å². The lowest BCUT2D eigenvalue weighted by atomic mass is 10.2. The Kier molecular flexibility index (Phi) is 12.7. The Morgan fingerprint density at radius 2 is 0.970 bits per heavy atom. The Morgan fingerprint density at radius 3 is 1.39 bits per heavy atom. The van der Waals surface area contributed by atoms with E-state index < -0.39 is 85.2 Å². The molecule has 0 spiro atoms. The lowest BCUT2D eigenvalue weighted by Gasteiger charge is -2.20. The molecule has 0 rings (SSSR count). The van der Waals surface area contributed by atoms with Crippen LogP contribution >= 0.6 is 0 Å². The molecule has 15 nitrogen and oxygen atoms in total. The molecular weight excluding hydrogens is 442 g/mol. The van der Waals surface area contributed by atoms with Crippen molar-refractivity contribution >= 4 is 41.4 Å². The highest BCUT2D eigenvalue weighted by Gasteiger charge is 2.24. The van der Waals surface area contributed by atoms with E-state index in [0.29, 0.717) is 0 Å². The Bertz CT molecular complexity index is 771. The van der Waals surface area contributed by atoms with Crippen LogP contribution in [-0.2, 0) is 33.6 Å². The fourth-order valence-corrected chi connectivity index (χ4v) is 2.02. The van der Waals surface area contributed by atoms with Gasteiger partial charge in [-0.2, -0.15) is 0 Å². The van der Waals surface area contributed by atoms with E-state index in [1.807, 2.05) is 5.32 Å². The molecule has 0 aromatic heterocycles. The minimum absolute atomic E-state index is 0.478. The summed E-state index contributed by atoms with van der Waals surface area (Å²) in [4.78, 5) is 81.1. The number of carbonyl (C=O) groups excluding carboxylic acids is 6. The number of nitrogens with two attached hydrogens (primary N) is 1. The van der Waals surface area contributed by atoms with Crippen molar-refractivity contribution in [2.75, 3.05) is 19.6 Å². The molecule has 186 valence electrons. The van der Waals surface area contributed by atoms with Gasteiger partial charge in [-0.15, -0.1) is 0 Å². The summed E-state index contributed by atoms with van der Waals surface area (Å²) in [6.07, 6.45) is 0. The molecule has 0 aliphatic rings. The summed E-state index contributed by atoms with van der Waals surface area (Å²) in [7, 11) is 0. The summed E-state index contributed by atoms with van der Waals surface area (Å²) in [5.74, 6) is -5.23. The van der Waals surface area contributed by atoms with Gasteiger partial charge in [0.25, 0.3) is 0 Å². The first-order chi connectivity index (χ1) is 15.2. The molecule has 0 fully saturated rings. The number of hydrogen-bond donors (Lipinski definition) is 8. The average molecular weight is 473 g/mol. The second-order valence-electron chi connectivity index (χ2n) is 7.14. The number of carboxylic acids is 1. The molecule has 15 heteroatoms. The number of amides is 6. The third-order valence-corrected chi connectivity index (χ3v) is 3.98. The average Bonchev–Trinajstić information content (AvgIpc) is 2.73. The number of carbonyl (C=O) groups is 7. The van der Waals surface area contributed by atoms with E-state index in [1.165, 1.54) is 27.7 Å². The molecule has 0 unspecified atom stereocenters. The quantitative estimate of drug-likeness (QED) is 0.128. The normalized spacial score (nSPS) is 13.8. The molecule has 0 saturated carbocycles. The van der Waals surface area contributed by atoms with Crippen molar-refractivity contribution in [1.82, 2.24) is 31.9 Å². The topological polar surface area (TPSA) is 238 Å². The summed E-state index contributed by atoms with van der Waals surface area (Å²) in [5, 5.41) is 22.0. The third kappa shape index (κ3) is 12.6. The highest BCUT2D eigenvalue weighted by atomic mass is 16.4. The molecular formula is C18H31N7O8. The van der Waals surface area contributed by atoms with Gasteiger partial charge < -0.3 is 42.7 Å². The smallest absolute Gasteiger partial charge is 0.322 e. The van der Waals surface area contributed by atoms with Gasteiger partial charge in [-0.3, -0.25) is 33.6 Å². The SMILES string of the molecule is C[C@H](N)C(=O)N[C@@H](C)C(=O)N[C@@H](C)C(=O)N[C@@H](C)C(=O)NCC(=O)NCC(=O)NCC(=O)O. The molecule has 0 aromatic rings. The van der Waals surface area contributed by atoms with Gasteiger partial charge in [0.2, 0.25) is 35.4 Å². The number of hydrogen-bond acceptors (Lipinski definition) is 8. The lowest BCUT2D eigenvalue weighted by Crippen LogP contribution is -2.56. The molecule has 0 bridgehead atoms. The second kappa shape index (κ2) is 14.3. The zero-order valence-electron chi connectivity index (χ0n) is 18.8. The second-order valence-corrected chi connectivity index (χ2v) is 7.14. The highest BCUT2D eigenvalue weighted by molar-refractivity contribution is 5.95. The van der Waals surface area contributed by atoms with Gasteiger partial charge in [0.05, 0.1) is 19.1 Å². The standard InChI is InChI=1S/C18H31N7O8/c1-8(19)15(30)23-10(3)17(32)25-11(4)18(33)24-9(2)16(31)22-6-13(27)20-5-12(26)21-7-14(28)29/h8-11H,5-7,19H2,1-4H3,(H,20,27)(H,21,26)(H,22,31)(H,23,30)(H,24,33)(H,25,32)(H,28,29)/t8-,9-,10-,11-/m0/s1. The first-order valence-electron chi connectivity index (χ1n) is 9.94. The molecule has 33 heavy (non-hydrogen) atoms. The molecule has 0 aliphatic heterocycles. The fourth-order valence-electron chi connectivity index (χ4n) is 2.02. The van der Waals surface area contributed by atoms with E-state index in [4.69, 9.17) is 10.8 Å². The van der Waals surface area contributed by atoms with Gasteiger partial charge in [0.1, 0.15) is 24.7 Å². The van der Waals surface area contributed by atoms with Crippen LogP contribution in [0, 0.1) is 0 Å².